The average molecular weight is 257 g/mol. The van der Waals surface area contributed by atoms with Crippen LogP contribution in [0.1, 0.15) is 40.5 Å². The van der Waals surface area contributed by atoms with Crippen LogP contribution >= 0.6 is 0 Å². The first-order chi connectivity index (χ1) is 8.41. The minimum atomic E-state index is -0.0141. The maximum absolute atomic E-state index is 11.4. The second kappa shape index (κ2) is 9.88. The highest BCUT2D eigenvalue weighted by atomic mass is 16.2. The van der Waals surface area contributed by atoms with Crippen LogP contribution in [0.3, 0.4) is 0 Å². The summed E-state index contributed by atoms with van der Waals surface area (Å²) in [6, 6.07) is 0.389. The molecule has 18 heavy (non-hydrogen) atoms. The Morgan fingerprint density at radius 2 is 1.44 bits per heavy atom. The normalized spacial score (nSPS) is 10.8. The predicted octanol–water partition coefficient (Wildman–Crippen LogP) is 0.653. The zero-order chi connectivity index (χ0) is 14.0. The van der Waals surface area contributed by atoms with Crippen molar-refractivity contribution < 1.29 is 9.59 Å². The fraction of sp³-hybridized carbons (Fsp3) is 0.846. The van der Waals surface area contributed by atoms with Crippen LogP contribution in [-0.4, -0.2) is 37.5 Å². The molecule has 0 atom stereocenters. The Morgan fingerprint density at radius 1 is 0.889 bits per heavy atom. The Morgan fingerprint density at radius 3 is 2.00 bits per heavy atom. The van der Waals surface area contributed by atoms with Gasteiger partial charge in [0.05, 0.1) is 0 Å². The van der Waals surface area contributed by atoms with E-state index < -0.39 is 0 Å². The van der Waals surface area contributed by atoms with Gasteiger partial charge in [0.25, 0.3) is 0 Å². The number of carbonyl (C=O) groups excluding carboxylic acids is 2. The molecule has 0 spiro atoms. The van der Waals surface area contributed by atoms with Crippen molar-refractivity contribution in [3.05, 3.63) is 0 Å². The molecule has 0 unspecified atom stereocenters. The van der Waals surface area contributed by atoms with Gasteiger partial charge in [0.1, 0.15) is 0 Å². The zero-order valence-corrected chi connectivity index (χ0v) is 12.0. The molecule has 0 rings (SSSR count). The quantitative estimate of drug-likeness (QED) is 0.568. The van der Waals surface area contributed by atoms with Crippen LogP contribution in [0.15, 0.2) is 0 Å². The van der Waals surface area contributed by atoms with E-state index in [1.54, 1.807) is 0 Å². The lowest BCUT2D eigenvalue weighted by Gasteiger charge is -2.09. The molecule has 0 saturated heterocycles. The van der Waals surface area contributed by atoms with E-state index in [1.165, 1.54) is 0 Å². The number of nitrogens with one attached hydrogen (secondary N) is 3. The molecule has 0 aliphatic rings. The number of carbonyl (C=O) groups is 2. The molecule has 0 aliphatic carbocycles. The molecular weight excluding hydrogens is 230 g/mol. The van der Waals surface area contributed by atoms with Crippen molar-refractivity contribution >= 4 is 11.8 Å². The molecular formula is C13H27N3O2. The molecule has 0 bridgehead atoms. The smallest absolute Gasteiger partial charge is 0.221 e. The standard InChI is InChI=1S/C13H27N3O2/c1-10(2)9-16-13(18)6-8-15-12(17)5-7-14-11(3)4/h10-11,14H,5-9H2,1-4H3,(H,15,17)(H,16,18). The average Bonchev–Trinajstić information content (AvgIpc) is 2.25. The highest BCUT2D eigenvalue weighted by Crippen LogP contribution is 1.88. The van der Waals surface area contributed by atoms with Gasteiger partial charge >= 0.3 is 0 Å². The van der Waals surface area contributed by atoms with Gasteiger partial charge in [-0.05, 0) is 5.92 Å². The van der Waals surface area contributed by atoms with Gasteiger partial charge in [-0.25, -0.2) is 0 Å². The van der Waals surface area contributed by atoms with Crippen molar-refractivity contribution in [1.29, 1.82) is 0 Å². The lowest BCUT2D eigenvalue weighted by molar-refractivity contribution is -0.122. The molecule has 5 nitrogen and oxygen atoms in total. The van der Waals surface area contributed by atoms with E-state index in [4.69, 9.17) is 0 Å². The molecule has 5 heteroatoms. The zero-order valence-electron chi connectivity index (χ0n) is 12.0. The topological polar surface area (TPSA) is 70.2 Å². The Balaban J connectivity index is 3.47. The summed E-state index contributed by atoms with van der Waals surface area (Å²) in [5.41, 5.74) is 0. The molecule has 0 aliphatic heterocycles. The Bertz CT molecular complexity index is 253. The van der Waals surface area contributed by atoms with Gasteiger partial charge in [-0.2, -0.15) is 0 Å². The maximum atomic E-state index is 11.4. The van der Waals surface area contributed by atoms with Crippen molar-refractivity contribution in [1.82, 2.24) is 16.0 Å². The fourth-order valence-electron chi connectivity index (χ4n) is 1.28. The van der Waals surface area contributed by atoms with Crippen LogP contribution in [0.5, 0.6) is 0 Å². The number of hydrogen-bond acceptors (Lipinski definition) is 3. The summed E-state index contributed by atoms with van der Waals surface area (Å²) in [7, 11) is 0. The lowest BCUT2D eigenvalue weighted by atomic mass is 10.2. The molecule has 0 aromatic carbocycles. The summed E-state index contributed by atoms with van der Waals surface area (Å²) in [6.07, 6.45) is 0.794. The largest absolute Gasteiger partial charge is 0.356 e. The molecule has 0 aromatic heterocycles. The highest BCUT2D eigenvalue weighted by Gasteiger charge is 2.04. The first-order valence-electron chi connectivity index (χ1n) is 6.68. The van der Waals surface area contributed by atoms with Gasteiger partial charge in [-0.1, -0.05) is 27.7 Å². The van der Waals surface area contributed by atoms with E-state index in [0.29, 0.717) is 44.4 Å². The Hall–Kier alpha value is -1.10. The second-order valence-electron chi connectivity index (χ2n) is 5.16. The minimum absolute atomic E-state index is 0.00990. The number of amides is 2. The first kappa shape index (κ1) is 16.9. The summed E-state index contributed by atoms with van der Waals surface area (Å²) in [4.78, 5) is 22.7. The van der Waals surface area contributed by atoms with Gasteiger partial charge in [0.15, 0.2) is 0 Å². The van der Waals surface area contributed by atoms with Crippen LogP contribution in [0.4, 0.5) is 0 Å². The molecule has 3 N–H and O–H groups in total. The van der Waals surface area contributed by atoms with Crippen LogP contribution in [0.2, 0.25) is 0 Å². The number of hydrogen-bond donors (Lipinski definition) is 3. The summed E-state index contributed by atoms with van der Waals surface area (Å²) >= 11 is 0. The van der Waals surface area contributed by atoms with Crippen molar-refractivity contribution in [2.24, 2.45) is 5.92 Å². The van der Waals surface area contributed by atoms with Gasteiger partial charge in [0, 0.05) is 38.5 Å². The van der Waals surface area contributed by atoms with E-state index in [9.17, 15) is 9.59 Å². The lowest BCUT2D eigenvalue weighted by Crippen LogP contribution is -2.34. The predicted molar refractivity (Wildman–Crippen MR) is 73.2 cm³/mol. The molecule has 0 aromatic rings. The fourth-order valence-corrected chi connectivity index (χ4v) is 1.28. The Labute approximate surface area is 110 Å². The monoisotopic (exact) mass is 257 g/mol. The van der Waals surface area contributed by atoms with Crippen LogP contribution in [0, 0.1) is 5.92 Å². The summed E-state index contributed by atoms with van der Waals surface area (Å²) in [6.45, 7) is 9.93. The maximum Gasteiger partial charge on any atom is 0.221 e. The molecule has 0 radical (unpaired) electrons. The molecule has 0 saturated carbocycles. The van der Waals surface area contributed by atoms with Crippen molar-refractivity contribution in [3.8, 4) is 0 Å². The summed E-state index contributed by atoms with van der Waals surface area (Å²) in [5, 5.41) is 8.71. The minimum Gasteiger partial charge on any atom is -0.356 e. The second-order valence-corrected chi connectivity index (χ2v) is 5.16. The van der Waals surface area contributed by atoms with E-state index in [2.05, 4.69) is 16.0 Å². The van der Waals surface area contributed by atoms with Gasteiger partial charge in [0.2, 0.25) is 11.8 Å². The van der Waals surface area contributed by atoms with Crippen molar-refractivity contribution in [2.75, 3.05) is 19.6 Å². The Kier molecular flexibility index (Phi) is 9.28. The van der Waals surface area contributed by atoms with E-state index >= 15 is 0 Å². The number of rotatable bonds is 9. The highest BCUT2D eigenvalue weighted by molar-refractivity contribution is 5.79. The van der Waals surface area contributed by atoms with E-state index in [-0.39, 0.29) is 11.8 Å². The van der Waals surface area contributed by atoms with Crippen molar-refractivity contribution in [2.45, 2.75) is 46.6 Å². The molecule has 2 amide bonds. The third-order valence-electron chi connectivity index (χ3n) is 2.29. The van der Waals surface area contributed by atoms with Crippen LogP contribution in [-0.2, 0) is 9.59 Å². The van der Waals surface area contributed by atoms with Crippen molar-refractivity contribution in [3.63, 3.8) is 0 Å². The SMILES string of the molecule is CC(C)CNC(=O)CCNC(=O)CCNC(C)C. The first-order valence-corrected chi connectivity index (χ1v) is 6.68. The molecule has 106 valence electrons. The van der Waals surface area contributed by atoms with E-state index in [0.717, 1.165) is 0 Å². The summed E-state index contributed by atoms with van der Waals surface area (Å²) < 4.78 is 0. The van der Waals surface area contributed by atoms with E-state index in [1.807, 2.05) is 27.7 Å². The summed E-state index contributed by atoms with van der Waals surface area (Å²) in [5.74, 6) is 0.426. The van der Waals surface area contributed by atoms with Gasteiger partial charge < -0.3 is 16.0 Å². The molecule has 0 heterocycles. The van der Waals surface area contributed by atoms with Crippen LogP contribution in [0.25, 0.3) is 0 Å². The third-order valence-corrected chi connectivity index (χ3v) is 2.29. The third kappa shape index (κ3) is 11.4. The van der Waals surface area contributed by atoms with Gasteiger partial charge in [-0.3, -0.25) is 9.59 Å². The van der Waals surface area contributed by atoms with Crippen LogP contribution < -0.4 is 16.0 Å². The van der Waals surface area contributed by atoms with Gasteiger partial charge in [-0.15, -0.1) is 0 Å². The molecule has 0 fully saturated rings.